The number of hydrogen-bond acceptors (Lipinski definition) is 6. The van der Waals surface area contributed by atoms with E-state index in [1.54, 1.807) is 0 Å². The van der Waals surface area contributed by atoms with Crippen LogP contribution in [-0.2, 0) is 0 Å². The molecule has 0 atom stereocenters. The number of halogens is 2. The van der Waals surface area contributed by atoms with Crippen molar-refractivity contribution in [3.63, 3.8) is 0 Å². The highest BCUT2D eigenvalue weighted by atomic mass is 35.5. The number of rotatable bonds is 4. The highest BCUT2D eigenvalue weighted by molar-refractivity contribution is 6.31. The Bertz CT molecular complexity index is 1020. The maximum absolute atomic E-state index is 6.42. The predicted octanol–water partition coefficient (Wildman–Crippen LogP) is 4.74. The van der Waals surface area contributed by atoms with Gasteiger partial charge in [-0.25, -0.2) is 9.97 Å². The Morgan fingerprint density at radius 1 is 0.931 bits per heavy atom. The van der Waals surface area contributed by atoms with Gasteiger partial charge in [-0.05, 0) is 42.8 Å². The van der Waals surface area contributed by atoms with Gasteiger partial charge in [0.2, 0.25) is 0 Å². The second-order valence-electron chi connectivity index (χ2n) is 7.00. The minimum Gasteiger partial charge on any atom is -0.393 e. The molecular weight excluding hydrogens is 407 g/mol. The Kier molecular flexibility index (Phi) is 5.65. The van der Waals surface area contributed by atoms with Gasteiger partial charge in [0.1, 0.15) is 12.0 Å². The van der Waals surface area contributed by atoms with Crippen LogP contribution in [0.5, 0.6) is 0 Å². The predicted molar refractivity (Wildman–Crippen MR) is 122 cm³/mol. The number of nitrogens with zero attached hydrogens (tertiary/aromatic N) is 4. The van der Waals surface area contributed by atoms with Gasteiger partial charge >= 0.3 is 0 Å². The van der Waals surface area contributed by atoms with Crippen LogP contribution in [0.4, 0.5) is 28.7 Å². The van der Waals surface area contributed by atoms with Crippen LogP contribution >= 0.6 is 23.2 Å². The molecule has 0 aliphatic carbocycles. The van der Waals surface area contributed by atoms with Crippen LogP contribution in [0.15, 0.2) is 48.8 Å². The quantitative estimate of drug-likeness (QED) is 0.624. The van der Waals surface area contributed by atoms with Crippen LogP contribution in [-0.4, -0.2) is 36.1 Å². The van der Waals surface area contributed by atoms with E-state index >= 15 is 0 Å². The Morgan fingerprint density at radius 2 is 1.66 bits per heavy atom. The third kappa shape index (κ3) is 4.33. The van der Waals surface area contributed by atoms with Gasteiger partial charge < -0.3 is 20.9 Å². The molecule has 2 heterocycles. The minimum atomic E-state index is 0.531. The van der Waals surface area contributed by atoms with Crippen LogP contribution in [0, 0.1) is 6.92 Å². The van der Waals surface area contributed by atoms with Crippen molar-refractivity contribution in [1.82, 2.24) is 9.97 Å². The number of aromatic nitrogens is 2. The zero-order valence-electron chi connectivity index (χ0n) is 16.1. The average molecular weight is 429 g/mol. The lowest BCUT2D eigenvalue weighted by atomic mass is 10.2. The summed E-state index contributed by atoms with van der Waals surface area (Å²) in [4.78, 5) is 13.3. The molecule has 1 fully saturated rings. The summed E-state index contributed by atoms with van der Waals surface area (Å²) >= 11 is 12.3. The summed E-state index contributed by atoms with van der Waals surface area (Å²) in [5.41, 5.74) is 10.0. The van der Waals surface area contributed by atoms with Crippen LogP contribution in [0.3, 0.4) is 0 Å². The zero-order valence-corrected chi connectivity index (χ0v) is 17.6. The van der Waals surface area contributed by atoms with Crippen molar-refractivity contribution in [1.29, 1.82) is 0 Å². The number of nitrogens with two attached hydrogens (primary N) is 1. The third-order valence-electron chi connectivity index (χ3n) is 5.07. The third-order valence-corrected chi connectivity index (χ3v) is 5.54. The van der Waals surface area contributed by atoms with Gasteiger partial charge in [-0.15, -0.1) is 0 Å². The van der Waals surface area contributed by atoms with Crippen molar-refractivity contribution in [2.45, 2.75) is 6.92 Å². The normalized spacial score (nSPS) is 14.2. The molecule has 1 saturated heterocycles. The molecule has 0 unspecified atom stereocenters. The maximum atomic E-state index is 6.42. The molecule has 3 N–H and O–H groups in total. The van der Waals surface area contributed by atoms with E-state index < -0.39 is 0 Å². The molecule has 6 nitrogen and oxygen atoms in total. The first kappa shape index (κ1) is 19.6. The van der Waals surface area contributed by atoms with E-state index in [-0.39, 0.29) is 0 Å². The fraction of sp³-hybridized carbons (Fsp3) is 0.238. The first-order chi connectivity index (χ1) is 14.0. The molecule has 0 spiro atoms. The van der Waals surface area contributed by atoms with E-state index in [1.165, 1.54) is 6.33 Å². The summed E-state index contributed by atoms with van der Waals surface area (Å²) in [7, 11) is 0. The lowest BCUT2D eigenvalue weighted by Crippen LogP contribution is -2.47. The summed E-state index contributed by atoms with van der Waals surface area (Å²) in [5.74, 6) is 1.32. The molecule has 3 aromatic rings. The molecule has 4 rings (SSSR count). The van der Waals surface area contributed by atoms with Crippen molar-refractivity contribution >= 4 is 51.9 Å². The van der Waals surface area contributed by atoms with Gasteiger partial charge in [-0.2, -0.15) is 0 Å². The molecule has 29 heavy (non-hydrogen) atoms. The summed E-state index contributed by atoms with van der Waals surface area (Å²) in [6.07, 6.45) is 1.54. The van der Waals surface area contributed by atoms with Gasteiger partial charge in [-0.3, -0.25) is 0 Å². The van der Waals surface area contributed by atoms with Gasteiger partial charge in [0.05, 0.1) is 0 Å². The molecule has 8 heteroatoms. The van der Waals surface area contributed by atoms with Gasteiger partial charge in [0.25, 0.3) is 0 Å². The van der Waals surface area contributed by atoms with Crippen molar-refractivity contribution in [2.75, 3.05) is 47.0 Å². The molecule has 0 radical (unpaired) electrons. The highest BCUT2D eigenvalue weighted by Crippen LogP contribution is 2.31. The smallest absolute Gasteiger partial charge is 0.159 e. The molecular formula is C21H22Cl2N6. The molecule has 1 aliphatic heterocycles. The van der Waals surface area contributed by atoms with E-state index in [9.17, 15) is 0 Å². The lowest BCUT2D eigenvalue weighted by molar-refractivity contribution is 0.647. The van der Waals surface area contributed by atoms with E-state index in [0.717, 1.165) is 54.0 Å². The molecule has 2 aromatic carbocycles. The van der Waals surface area contributed by atoms with E-state index in [0.29, 0.717) is 16.5 Å². The lowest BCUT2D eigenvalue weighted by Gasteiger charge is -2.37. The first-order valence-electron chi connectivity index (χ1n) is 9.40. The molecule has 0 saturated carbocycles. The van der Waals surface area contributed by atoms with E-state index in [1.807, 2.05) is 43.3 Å². The SMILES string of the molecule is Cc1ccc(Cl)cc1Nc1ncnc(N2CCN(c3cccc(Cl)c3)CC2)c1N. The molecule has 150 valence electrons. The Labute approximate surface area is 180 Å². The molecule has 0 bridgehead atoms. The second kappa shape index (κ2) is 8.35. The van der Waals surface area contributed by atoms with Crippen molar-refractivity contribution < 1.29 is 0 Å². The highest BCUT2D eigenvalue weighted by Gasteiger charge is 2.22. The Balaban J connectivity index is 1.50. The van der Waals surface area contributed by atoms with Crippen molar-refractivity contribution in [2.24, 2.45) is 0 Å². The largest absolute Gasteiger partial charge is 0.393 e. The van der Waals surface area contributed by atoms with Crippen molar-refractivity contribution in [3.8, 4) is 0 Å². The molecule has 0 amide bonds. The maximum Gasteiger partial charge on any atom is 0.159 e. The molecule has 1 aliphatic rings. The first-order valence-corrected chi connectivity index (χ1v) is 10.2. The number of nitrogen functional groups attached to an aromatic ring is 1. The topological polar surface area (TPSA) is 70.3 Å². The minimum absolute atomic E-state index is 0.531. The zero-order chi connectivity index (χ0) is 20.4. The number of aryl methyl sites for hydroxylation is 1. The number of nitrogens with one attached hydrogen (secondary N) is 1. The van der Waals surface area contributed by atoms with Gasteiger partial charge in [0, 0.05) is 47.6 Å². The van der Waals surface area contributed by atoms with Crippen molar-refractivity contribution in [3.05, 3.63) is 64.4 Å². The van der Waals surface area contributed by atoms with Crippen LogP contribution in [0.25, 0.3) is 0 Å². The van der Waals surface area contributed by atoms with Crippen LogP contribution in [0.1, 0.15) is 5.56 Å². The molecule has 1 aromatic heterocycles. The Morgan fingerprint density at radius 3 is 2.41 bits per heavy atom. The van der Waals surface area contributed by atoms with Crippen LogP contribution < -0.4 is 20.9 Å². The summed E-state index contributed by atoms with van der Waals surface area (Å²) < 4.78 is 0. The number of benzene rings is 2. The summed E-state index contributed by atoms with van der Waals surface area (Å²) in [6.45, 7) is 5.35. The Hall–Kier alpha value is -2.70. The summed E-state index contributed by atoms with van der Waals surface area (Å²) in [6, 6.07) is 13.6. The van der Waals surface area contributed by atoms with E-state index in [2.05, 4.69) is 31.2 Å². The monoisotopic (exact) mass is 428 g/mol. The van der Waals surface area contributed by atoms with Crippen LogP contribution in [0.2, 0.25) is 10.0 Å². The number of piperazine rings is 1. The van der Waals surface area contributed by atoms with E-state index in [4.69, 9.17) is 28.9 Å². The average Bonchev–Trinajstić information content (AvgIpc) is 2.72. The second-order valence-corrected chi connectivity index (χ2v) is 7.87. The standard InChI is InChI=1S/C21H22Cl2N6/c1-14-5-6-16(23)12-18(14)27-20-19(24)21(26-13-25-20)29-9-7-28(8-10-29)17-4-2-3-15(22)11-17/h2-6,11-13H,7-10,24H2,1H3,(H,25,26,27). The summed E-state index contributed by atoms with van der Waals surface area (Å²) in [5, 5.41) is 4.69. The fourth-order valence-corrected chi connectivity index (χ4v) is 3.80. The fourth-order valence-electron chi connectivity index (χ4n) is 3.44. The number of hydrogen-bond donors (Lipinski definition) is 2. The number of anilines is 5. The van der Waals surface area contributed by atoms with Gasteiger partial charge in [-0.1, -0.05) is 35.3 Å². The van der Waals surface area contributed by atoms with Gasteiger partial charge in [0.15, 0.2) is 11.6 Å².